The maximum atomic E-state index is 9.64. The number of thioether (sulfide) groups is 1. The number of hydrogen-bond donors (Lipinski definition) is 0. The van der Waals surface area contributed by atoms with Crippen molar-refractivity contribution in [3.05, 3.63) is 148 Å². The van der Waals surface area contributed by atoms with Gasteiger partial charge in [-0.3, -0.25) is 0 Å². The molecule has 0 spiro atoms. The fourth-order valence-electron chi connectivity index (χ4n) is 4.85. The summed E-state index contributed by atoms with van der Waals surface area (Å²) in [6.07, 6.45) is -1.59. The van der Waals surface area contributed by atoms with Crippen molar-refractivity contribution in [2.45, 2.75) is 61.4 Å². The maximum absolute atomic E-state index is 9.64. The highest BCUT2D eigenvalue weighted by Crippen LogP contribution is 2.38. The molecule has 0 aromatic heterocycles. The molecule has 8 heteroatoms. The van der Waals surface area contributed by atoms with Gasteiger partial charge in [0.15, 0.2) is 0 Å². The summed E-state index contributed by atoms with van der Waals surface area (Å²) in [6.45, 7) is 3.48. The van der Waals surface area contributed by atoms with Crippen LogP contribution in [0.5, 0.6) is 0 Å². The Kier molecular flexibility index (Phi) is 11.1. The van der Waals surface area contributed by atoms with E-state index in [0.717, 1.165) is 21.6 Å². The topological polar surface area (TPSA) is 85.7 Å². The average Bonchev–Trinajstić information content (AvgIpc) is 3.03. The van der Waals surface area contributed by atoms with Crippen LogP contribution in [0.3, 0.4) is 0 Å². The highest BCUT2D eigenvalue weighted by atomic mass is 32.2. The molecule has 0 radical (unpaired) electrons. The smallest absolute Gasteiger partial charge is 0.119 e. The fraction of sp³-hybridized carbons (Fsp3) is 0.294. The van der Waals surface area contributed by atoms with Gasteiger partial charge < -0.3 is 18.9 Å². The van der Waals surface area contributed by atoms with Gasteiger partial charge in [-0.15, -0.1) is 0 Å². The second kappa shape index (κ2) is 15.6. The van der Waals surface area contributed by atoms with Gasteiger partial charge >= 0.3 is 0 Å². The van der Waals surface area contributed by atoms with Crippen LogP contribution in [-0.4, -0.2) is 36.4 Å². The molecule has 0 aliphatic carbocycles. The molecule has 0 bridgehead atoms. The summed E-state index contributed by atoms with van der Waals surface area (Å²) in [4.78, 5) is 4.23. The summed E-state index contributed by atoms with van der Waals surface area (Å²) in [5, 5.41) is 4.23. The zero-order valence-electron chi connectivity index (χ0n) is 23.6. The van der Waals surface area contributed by atoms with E-state index in [1.54, 1.807) is 0 Å². The minimum atomic E-state index is -0.642. The lowest BCUT2D eigenvalue weighted by Gasteiger charge is -2.44. The minimum Gasteiger partial charge on any atom is -0.374 e. The molecule has 1 saturated heterocycles. The molecule has 216 valence electrons. The molecule has 1 aliphatic heterocycles. The highest BCUT2D eigenvalue weighted by Gasteiger charge is 2.47. The SMILES string of the molecule is Cc1ccc(SC2O[C@H](COCc3ccccc3)[C@@H](OCc3ccccc3)[C@H](OCc3ccccc3)[C@H]2N=[N+]=[N-])cc1. The van der Waals surface area contributed by atoms with Crippen LogP contribution in [-0.2, 0) is 38.8 Å². The first-order chi connectivity index (χ1) is 20.7. The predicted octanol–water partition coefficient (Wildman–Crippen LogP) is 7.88. The normalized spacial score (nSPS) is 21.9. The van der Waals surface area contributed by atoms with Crippen molar-refractivity contribution in [1.82, 2.24) is 0 Å². The van der Waals surface area contributed by atoms with Crippen LogP contribution in [0.2, 0.25) is 0 Å². The van der Waals surface area contributed by atoms with Crippen LogP contribution < -0.4 is 0 Å². The zero-order valence-corrected chi connectivity index (χ0v) is 24.4. The number of ether oxygens (including phenoxy) is 4. The first-order valence-corrected chi connectivity index (χ1v) is 14.9. The summed E-state index contributed by atoms with van der Waals surface area (Å²) < 4.78 is 26.0. The number of rotatable bonds is 13. The van der Waals surface area contributed by atoms with Gasteiger partial charge in [0.2, 0.25) is 0 Å². The van der Waals surface area contributed by atoms with Crippen LogP contribution in [0.4, 0.5) is 0 Å². The van der Waals surface area contributed by atoms with Gasteiger partial charge in [-0.2, -0.15) is 0 Å². The van der Waals surface area contributed by atoms with Gasteiger partial charge in [-0.25, -0.2) is 0 Å². The average molecular weight is 582 g/mol. The molecule has 0 N–H and O–H groups in total. The molecule has 1 aliphatic rings. The molecule has 0 amide bonds. The second-order valence-corrected chi connectivity index (χ2v) is 11.4. The maximum Gasteiger partial charge on any atom is 0.119 e. The van der Waals surface area contributed by atoms with Crippen molar-refractivity contribution in [3.63, 3.8) is 0 Å². The summed E-state index contributed by atoms with van der Waals surface area (Å²) in [5.41, 5.74) is 13.4. The lowest BCUT2D eigenvalue weighted by atomic mass is 9.97. The van der Waals surface area contributed by atoms with Crippen molar-refractivity contribution in [3.8, 4) is 0 Å². The van der Waals surface area contributed by atoms with Crippen molar-refractivity contribution < 1.29 is 18.9 Å². The van der Waals surface area contributed by atoms with Gasteiger partial charge in [0, 0.05) is 9.81 Å². The number of nitrogens with zero attached hydrogens (tertiary/aromatic N) is 3. The van der Waals surface area contributed by atoms with E-state index in [2.05, 4.69) is 41.2 Å². The van der Waals surface area contributed by atoms with E-state index in [0.29, 0.717) is 19.8 Å². The van der Waals surface area contributed by atoms with Crippen LogP contribution >= 0.6 is 11.8 Å². The van der Waals surface area contributed by atoms with Crippen LogP contribution in [0, 0.1) is 6.92 Å². The molecule has 1 fully saturated rings. The minimum absolute atomic E-state index is 0.285. The third-order valence-corrected chi connectivity index (χ3v) is 8.20. The Hall–Kier alpha value is -3.62. The Balaban J connectivity index is 1.43. The van der Waals surface area contributed by atoms with Crippen LogP contribution in [0.1, 0.15) is 22.3 Å². The Bertz CT molecular complexity index is 1400. The molecule has 5 rings (SSSR count). The molecule has 1 unspecified atom stereocenters. The third kappa shape index (κ3) is 8.46. The Morgan fingerprint density at radius 3 is 1.79 bits per heavy atom. The largest absolute Gasteiger partial charge is 0.374 e. The summed E-state index contributed by atoms with van der Waals surface area (Å²) in [7, 11) is 0. The molecule has 4 aromatic carbocycles. The van der Waals surface area contributed by atoms with Gasteiger partial charge in [0.1, 0.15) is 23.7 Å². The predicted molar refractivity (Wildman–Crippen MR) is 165 cm³/mol. The number of aryl methyl sites for hydroxylation is 1. The first kappa shape index (κ1) is 29.9. The molecule has 4 aromatic rings. The van der Waals surface area contributed by atoms with Gasteiger partial charge in [-0.05, 0) is 41.3 Å². The number of benzene rings is 4. The zero-order chi connectivity index (χ0) is 29.0. The van der Waals surface area contributed by atoms with Crippen LogP contribution in [0.15, 0.2) is 125 Å². The van der Waals surface area contributed by atoms with E-state index >= 15 is 0 Å². The van der Waals surface area contributed by atoms with Crippen LogP contribution in [0.25, 0.3) is 10.4 Å². The van der Waals surface area contributed by atoms with E-state index in [1.807, 2.05) is 91.0 Å². The highest BCUT2D eigenvalue weighted by molar-refractivity contribution is 7.99. The van der Waals surface area contributed by atoms with Crippen molar-refractivity contribution in [1.29, 1.82) is 0 Å². The first-order valence-electron chi connectivity index (χ1n) is 14.1. The summed E-state index contributed by atoms with van der Waals surface area (Å²) >= 11 is 1.52. The number of azide groups is 1. The van der Waals surface area contributed by atoms with Gasteiger partial charge in [-0.1, -0.05) is 126 Å². The fourth-order valence-corrected chi connectivity index (χ4v) is 5.96. The third-order valence-electron chi connectivity index (χ3n) is 7.04. The van der Waals surface area contributed by atoms with Crippen molar-refractivity contribution >= 4 is 11.8 Å². The van der Waals surface area contributed by atoms with E-state index in [9.17, 15) is 5.53 Å². The molecular formula is C34H35N3O4S. The molecule has 42 heavy (non-hydrogen) atoms. The van der Waals surface area contributed by atoms with E-state index in [-0.39, 0.29) is 6.61 Å². The van der Waals surface area contributed by atoms with E-state index < -0.39 is 29.8 Å². The van der Waals surface area contributed by atoms with Crippen molar-refractivity contribution in [2.24, 2.45) is 5.11 Å². The monoisotopic (exact) mass is 581 g/mol. The molecule has 5 atom stereocenters. The quantitative estimate of drug-likeness (QED) is 0.0911. The molecular weight excluding hydrogens is 546 g/mol. The van der Waals surface area contributed by atoms with Crippen molar-refractivity contribution in [2.75, 3.05) is 6.61 Å². The van der Waals surface area contributed by atoms with E-state index in [4.69, 9.17) is 18.9 Å². The van der Waals surface area contributed by atoms with Gasteiger partial charge in [0.05, 0.1) is 32.5 Å². The van der Waals surface area contributed by atoms with Gasteiger partial charge in [0.25, 0.3) is 0 Å². The Labute approximate surface area is 251 Å². The lowest BCUT2D eigenvalue weighted by molar-refractivity contribution is -0.211. The molecule has 7 nitrogen and oxygen atoms in total. The molecule has 0 saturated carbocycles. The summed E-state index contributed by atoms with van der Waals surface area (Å²) in [5.74, 6) is 0. The standard InChI is InChI=1S/C34H35N3O4S/c1-25-17-19-29(20-18-25)42-34-31(36-37-35)33(40-23-28-15-9-4-10-16-28)32(39-22-27-13-7-3-8-14-27)30(41-34)24-38-21-26-11-5-2-6-12-26/h2-20,30-34H,21-24H2,1H3/t30-,31-,32-,33-,34?/m1/s1. The summed E-state index contributed by atoms with van der Waals surface area (Å²) in [6, 6.07) is 37.6. The lowest BCUT2D eigenvalue weighted by Crippen LogP contribution is -2.58. The molecule has 1 heterocycles. The number of hydrogen-bond acceptors (Lipinski definition) is 6. The second-order valence-electron chi connectivity index (χ2n) is 10.2. The van der Waals surface area contributed by atoms with E-state index in [1.165, 1.54) is 17.3 Å². The Morgan fingerprint density at radius 1 is 0.714 bits per heavy atom. The Morgan fingerprint density at radius 2 is 1.24 bits per heavy atom.